The van der Waals surface area contributed by atoms with Gasteiger partial charge in [-0.15, -0.1) is 0 Å². The van der Waals surface area contributed by atoms with Crippen LogP contribution in [0.15, 0.2) is 54.6 Å². The third-order valence-corrected chi connectivity index (χ3v) is 3.52. The molecule has 1 heterocycles. The third kappa shape index (κ3) is 3.05. The van der Waals surface area contributed by atoms with Gasteiger partial charge < -0.3 is 0 Å². The lowest BCUT2D eigenvalue weighted by Gasteiger charge is -2.26. The van der Waals surface area contributed by atoms with Gasteiger partial charge in [0.2, 0.25) is 0 Å². The smallest absolute Gasteiger partial charge is 0.0608 e. The summed E-state index contributed by atoms with van der Waals surface area (Å²) in [4.78, 5) is 2.41. The van der Waals surface area contributed by atoms with Crippen LogP contribution in [-0.4, -0.2) is 18.0 Å². The van der Waals surface area contributed by atoms with Crippen molar-refractivity contribution in [1.29, 1.82) is 0 Å². The van der Waals surface area contributed by atoms with Crippen molar-refractivity contribution in [3.63, 3.8) is 0 Å². The van der Waals surface area contributed by atoms with Gasteiger partial charge in [-0.3, -0.25) is 4.90 Å². The van der Waals surface area contributed by atoms with E-state index in [1.807, 2.05) is 18.2 Å². The Labute approximate surface area is 114 Å². The highest BCUT2D eigenvalue weighted by atomic mass is 15.1. The molecule has 0 spiro atoms. The van der Waals surface area contributed by atoms with Crippen molar-refractivity contribution in [1.82, 2.24) is 4.90 Å². The lowest BCUT2D eigenvalue weighted by molar-refractivity contribution is 0.286. The molecule has 1 aliphatic heterocycles. The summed E-state index contributed by atoms with van der Waals surface area (Å²) < 4.78 is 0. The minimum Gasteiger partial charge on any atom is -0.288 e. The first-order chi connectivity index (χ1) is 9.42. The van der Waals surface area contributed by atoms with Gasteiger partial charge >= 0.3 is 0 Å². The van der Waals surface area contributed by atoms with Gasteiger partial charge in [-0.1, -0.05) is 54.3 Å². The molecular formula is C18H17N. The number of nitrogens with zero attached hydrogens (tertiary/aromatic N) is 1. The number of hydrogen-bond acceptors (Lipinski definition) is 1. The molecule has 0 amide bonds. The highest BCUT2D eigenvalue weighted by Crippen LogP contribution is 2.17. The van der Waals surface area contributed by atoms with E-state index in [9.17, 15) is 0 Å². The number of benzene rings is 2. The number of fused-ring (bicyclic) bond motifs is 1. The summed E-state index contributed by atoms with van der Waals surface area (Å²) in [5.41, 5.74) is 4.05. The molecule has 0 fully saturated rings. The standard InChI is InChI=1S/C18H17N/c1-2-7-16(8-3-1)9-6-13-19-14-12-17-10-4-5-11-18(17)15-19/h1-5,7-8,10-11H,12-15H2. The molecule has 94 valence electrons. The van der Waals surface area contributed by atoms with Crippen molar-refractivity contribution < 1.29 is 0 Å². The predicted octanol–water partition coefficient (Wildman–Crippen LogP) is 3.10. The Balaban J connectivity index is 1.63. The van der Waals surface area contributed by atoms with Crippen LogP contribution < -0.4 is 0 Å². The average molecular weight is 247 g/mol. The molecule has 0 saturated carbocycles. The van der Waals surface area contributed by atoms with Crippen molar-refractivity contribution in [2.24, 2.45) is 0 Å². The molecule has 0 N–H and O–H groups in total. The lowest BCUT2D eigenvalue weighted by Crippen LogP contribution is -2.30. The summed E-state index contributed by atoms with van der Waals surface area (Å²) >= 11 is 0. The van der Waals surface area contributed by atoms with Crippen LogP contribution in [0.5, 0.6) is 0 Å². The van der Waals surface area contributed by atoms with Crippen LogP contribution >= 0.6 is 0 Å². The van der Waals surface area contributed by atoms with E-state index in [1.54, 1.807) is 0 Å². The average Bonchev–Trinajstić information content (AvgIpc) is 2.48. The van der Waals surface area contributed by atoms with Gasteiger partial charge in [0.1, 0.15) is 0 Å². The Morgan fingerprint density at radius 1 is 0.895 bits per heavy atom. The molecule has 1 heteroatoms. The fourth-order valence-electron chi connectivity index (χ4n) is 2.46. The normalized spacial score (nSPS) is 14.3. The molecule has 1 nitrogen and oxygen atoms in total. The molecule has 19 heavy (non-hydrogen) atoms. The summed E-state index contributed by atoms with van der Waals surface area (Å²) in [7, 11) is 0. The number of hydrogen-bond donors (Lipinski definition) is 0. The van der Waals surface area contributed by atoms with E-state index >= 15 is 0 Å². The van der Waals surface area contributed by atoms with E-state index in [1.165, 1.54) is 11.1 Å². The van der Waals surface area contributed by atoms with Crippen LogP contribution in [0, 0.1) is 11.8 Å². The summed E-state index contributed by atoms with van der Waals surface area (Å²) in [6, 6.07) is 18.9. The molecule has 2 aromatic carbocycles. The zero-order valence-electron chi connectivity index (χ0n) is 11.0. The SMILES string of the molecule is C(#Cc1ccccc1)CN1CCc2ccccc2C1. The maximum atomic E-state index is 3.28. The monoisotopic (exact) mass is 247 g/mol. The van der Waals surface area contributed by atoms with Gasteiger partial charge in [-0.25, -0.2) is 0 Å². The van der Waals surface area contributed by atoms with Gasteiger partial charge in [0, 0.05) is 18.7 Å². The van der Waals surface area contributed by atoms with Gasteiger partial charge in [0.25, 0.3) is 0 Å². The quantitative estimate of drug-likeness (QED) is 0.700. The molecular weight excluding hydrogens is 230 g/mol. The van der Waals surface area contributed by atoms with Crippen LogP contribution in [0.4, 0.5) is 0 Å². The summed E-state index contributed by atoms with van der Waals surface area (Å²) in [6.45, 7) is 2.99. The highest BCUT2D eigenvalue weighted by Gasteiger charge is 2.13. The first-order valence-corrected chi connectivity index (χ1v) is 6.75. The van der Waals surface area contributed by atoms with Crippen molar-refractivity contribution >= 4 is 0 Å². The summed E-state index contributed by atoms with van der Waals surface area (Å²) in [6.07, 6.45) is 1.14. The summed E-state index contributed by atoms with van der Waals surface area (Å²) in [5, 5.41) is 0. The first kappa shape index (κ1) is 12.0. The molecule has 0 aliphatic carbocycles. The lowest BCUT2D eigenvalue weighted by atomic mass is 10.00. The molecule has 0 atom stereocenters. The molecule has 2 aromatic rings. The minimum atomic E-state index is 0.850. The van der Waals surface area contributed by atoms with E-state index in [0.717, 1.165) is 31.6 Å². The second-order valence-electron chi connectivity index (χ2n) is 4.90. The van der Waals surface area contributed by atoms with Crippen molar-refractivity contribution in [2.75, 3.05) is 13.1 Å². The van der Waals surface area contributed by atoms with Crippen LogP contribution in [0.3, 0.4) is 0 Å². The van der Waals surface area contributed by atoms with Crippen LogP contribution in [0.1, 0.15) is 16.7 Å². The van der Waals surface area contributed by atoms with E-state index in [4.69, 9.17) is 0 Å². The van der Waals surface area contributed by atoms with E-state index in [2.05, 4.69) is 53.1 Å². The molecule has 0 radical (unpaired) electrons. The summed E-state index contributed by atoms with van der Waals surface area (Å²) in [5.74, 6) is 6.50. The molecule has 0 bridgehead atoms. The zero-order chi connectivity index (χ0) is 12.9. The van der Waals surface area contributed by atoms with Gasteiger partial charge in [0.15, 0.2) is 0 Å². The molecule has 1 aliphatic rings. The second-order valence-corrected chi connectivity index (χ2v) is 4.90. The Morgan fingerprint density at radius 3 is 2.47 bits per heavy atom. The van der Waals surface area contributed by atoms with E-state index < -0.39 is 0 Å². The third-order valence-electron chi connectivity index (χ3n) is 3.52. The maximum absolute atomic E-state index is 3.28. The largest absolute Gasteiger partial charge is 0.288 e. The van der Waals surface area contributed by atoms with E-state index in [0.29, 0.717) is 0 Å². The predicted molar refractivity (Wildman–Crippen MR) is 78.7 cm³/mol. The molecule has 3 rings (SSSR count). The minimum absolute atomic E-state index is 0.850. The molecule has 0 unspecified atom stereocenters. The fraction of sp³-hybridized carbons (Fsp3) is 0.222. The van der Waals surface area contributed by atoms with Crippen molar-refractivity contribution in [3.8, 4) is 11.8 Å². The van der Waals surface area contributed by atoms with Gasteiger partial charge in [-0.05, 0) is 29.7 Å². The number of rotatable bonds is 1. The second kappa shape index (κ2) is 5.73. The van der Waals surface area contributed by atoms with E-state index in [-0.39, 0.29) is 0 Å². The Hall–Kier alpha value is -2.04. The van der Waals surface area contributed by atoms with Gasteiger partial charge in [-0.2, -0.15) is 0 Å². The highest BCUT2D eigenvalue weighted by molar-refractivity contribution is 5.34. The first-order valence-electron chi connectivity index (χ1n) is 6.75. The Kier molecular flexibility index (Phi) is 3.63. The van der Waals surface area contributed by atoms with Crippen molar-refractivity contribution in [3.05, 3.63) is 71.3 Å². The molecule has 0 aromatic heterocycles. The van der Waals surface area contributed by atoms with Crippen LogP contribution in [0.2, 0.25) is 0 Å². The van der Waals surface area contributed by atoms with Crippen LogP contribution in [0.25, 0.3) is 0 Å². The Morgan fingerprint density at radius 2 is 1.63 bits per heavy atom. The van der Waals surface area contributed by atoms with Gasteiger partial charge in [0.05, 0.1) is 6.54 Å². The topological polar surface area (TPSA) is 3.24 Å². The zero-order valence-corrected chi connectivity index (χ0v) is 11.0. The Bertz CT molecular complexity index is 604. The maximum Gasteiger partial charge on any atom is 0.0608 e. The fourth-order valence-corrected chi connectivity index (χ4v) is 2.46. The van der Waals surface area contributed by atoms with Crippen LogP contribution in [-0.2, 0) is 13.0 Å². The molecule has 0 saturated heterocycles. The van der Waals surface area contributed by atoms with Crippen molar-refractivity contribution in [2.45, 2.75) is 13.0 Å².